The number of rotatable bonds is 6. The number of carboxylic acids is 1. The van der Waals surface area contributed by atoms with Gasteiger partial charge in [-0.3, -0.25) is 4.79 Å². The van der Waals surface area contributed by atoms with Crippen molar-refractivity contribution >= 4 is 12.0 Å². The predicted molar refractivity (Wildman–Crippen MR) is 69.4 cm³/mol. The monoisotopic (exact) mass is 254 g/mol. The fourth-order valence-electron chi connectivity index (χ4n) is 1.96. The average molecular weight is 254 g/mol. The third kappa shape index (κ3) is 5.70. The van der Waals surface area contributed by atoms with E-state index >= 15 is 0 Å². The summed E-state index contributed by atoms with van der Waals surface area (Å²) in [6.07, 6.45) is 7.97. The minimum Gasteiger partial charge on any atom is -0.481 e. The highest BCUT2D eigenvalue weighted by atomic mass is 16.4. The molecule has 102 valence electrons. The second kappa shape index (κ2) is 7.74. The van der Waals surface area contributed by atoms with E-state index in [0.29, 0.717) is 6.54 Å². The van der Waals surface area contributed by atoms with Crippen molar-refractivity contribution in [3.8, 4) is 0 Å². The van der Waals surface area contributed by atoms with Gasteiger partial charge in [0.25, 0.3) is 0 Å². The Labute approximate surface area is 108 Å². The van der Waals surface area contributed by atoms with Crippen molar-refractivity contribution in [2.75, 3.05) is 20.1 Å². The lowest BCUT2D eigenvalue weighted by Crippen LogP contribution is -2.38. The zero-order valence-corrected chi connectivity index (χ0v) is 10.9. The number of carboxylic acid groups (broad SMARTS) is 1. The first kappa shape index (κ1) is 14.5. The van der Waals surface area contributed by atoms with Gasteiger partial charge in [0.15, 0.2) is 0 Å². The largest absolute Gasteiger partial charge is 0.481 e. The van der Waals surface area contributed by atoms with Crippen LogP contribution in [0.5, 0.6) is 0 Å². The smallest absolute Gasteiger partial charge is 0.317 e. The number of carbonyl (C=O) groups is 2. The van der Waals surface area contributed by atoms with E-state index in [9.17, 15) is 9.59 Å². The van der Waals surface area contributed by atoms with Crippen LogP contribution in [0.25, 0.3) is 0 Å². The summed E-state index contributed by atoms with van der Waals surface area (Å²) in [4.78, 5) is 23.4. The van der Waals surface area contributed by atoms with Gasteiger partial charge in [-0.25, -0.2) is 4.79 Å². The normalized spacial score (nSPS) is 14.8. The summed E-state index contributed by atoms with van der Waals surface area (Å²) in [5.74, 6) is -0.887. The molecular formula is C13H22N2O3. The molecule has 0 heterocycles. The average Bonchev–Trinajstić information content (AvgIpc) is 2.37. The van der Waals surface area contributed by atoms with Crippen LogP contribution >= 0.6 is 0 Å². The van der Waals surface area contributed by atoms with Crippen LogP contribution in [0.15, 0.2) is 11.6 Å². The fourth-order valence-corrected chi connectivity index (χ4v) is 1.96. The minimum absolute atomic E-state index is 0.0188. The summed E-state index contributed by atoms with van der Waals surface area (Å²) in [6.45, 7) is 0.867. The molecule has 1 rings (SSSR count). The van der Waals surface area contributed by atoms with Gasteiger partial charge >= 0.3 is 12.0 Å². The maximum Gasteiger partial charge on any atom is 0.317 e. The third-order valence-electron chi connectivity index (χ3n) is 3.12. The van der Waals surface area contributed by atoms with E-state index < -0.39 is 5.97 Å². The molecule has 1 aliphatic rings. The van der Waals surface area contributed by atoms with E-state index in [0.717, 1.165) is 19.3 Å². The molecule has 0 aliphatic heterocycles. The number of nitrogens with zero attached hydrogens (tertiary/aromatic N) is 1. The Bertz CT molecular complexity index is 326. The topological polar surface area (TPSA) is 69.6 Å². The maximum atomic E-state index is 11.6. The van der Waals surface area contributed by atoms with E-state index in [4.69, 9.17) is 5.11 Å². The molecule has 5 nitrogen and oxygen atoms in total. The molecule has 2 amide bonds. The van der Waals surface area contributed by atoms with Crippen molar-refractivity contribution in [3.05, 3.63) is 11.6 Å². The maximum absolute atomic E-state index is 11.6. The predicted octanol–water partition coefficient (Wildman–Crippen LogP) is 1.99. The SMILES string of the molecule is CN(CCC(=O)O)C(=O)NCCC1=CCCCC1. The van der Waals surface area contributed by atoms with Gasteiger partial charge < -0.3 is 15.3 Å². The standard InChI is InChI=1S/C13H22N2O3/c1-15(10-8-12(16)17)13(18)14-9-7-11-5-3-2-4-6-11/h5H,2-4,6-10H2,1H3,(H,14,18)(H,16,17). The summed E-state index contributed by atoms with van der Waals surface area (Å²) in [7, 11) is 1.61. The van der Waals surface area contributed by atoms with E-state index in [1.165, 1.54) is 23.3 Å². The Morgan fingerprint density at radius 2 is 2.22 bits per heavy atom. The first-order valence-corrected chi connectivity index (χ1v) is 6.48. The highest BCUT2D eigenvalue weighted by Gasteiger charge is 2.10. The highest BCUT2D eigenvalue weighted by Crippen LogP contribution is 2.19. The zero-order valence-electron chi connectivity index (χ0n) is 10.9. The van der Waals surface area contributed by atoms with E-state index in [-0.39, 0.29) is 19.0 Å². The number of urea groups is 1. The van der Waals surface area contributed by atoms with Gasteiger partial charge in [0, 0.05) is 20.1 Å². The summed E-state index contributed by atoms with van der Waals surface area (Å²) in [5.41, 5.74) is 1.43. The van der Waals surface area contributed by atoms with Gasteiger partial charge in [-0.15, -0.1) is 0 Å². The van der Waals surface area contributed by atoms with Crippen molar-refractivity contribution in [2.24, 2.45) is 0 Å². The van der Waals surface area contributed by atoms with Gasteiger partial charge in [0.2, 0.25) is 0 Å². The van der Waals surface area contributed by atoms with Crippen molar-refractivity contribution in [1.29, 1.82) is 0 Å². The number of carbonyl (C=O) groups excluding carboxylic acids is 1. The van der Waals surface area contributed by atoms with Gasteiger partial charge in [0.1, 0.15) is 0 Å². The Hall–Kier alpha value is -1.52. The quantitative estimate of drug-likeness (QED) is 0.712. The van der Waals surface area contributed by atoms with Crippen LogP contribution in [0.2, 0.25) is 0 Å². The number of hydrogen-bond donors (Lipinski definition) is 2. The van der Waals surface area contributed by atoms with E-state index in [1.807, 2.05) is 0 Å². The Kier molecular flexibility index (Phi) is 6.25. The van der Waals surface area contributed by atoms with Crippen LogP contribution in [0.1, 0.15) is 38.5 Å². The second-order valence-corrected chi connectivity index (χ2v) is 4.66. The first-order valence-electron chi connectivity index (χ1n) is 6.48. The van der Waals surface area contributed by atoms with Crippen LogP contribution in [0.3, 0.4) is 0 Å². The number of hydrogen-bond acceptors (Lipinski definition) is 2. The van der Waals surface area contributed by atoms with Crippen LogP contribution in [0.4, 0.5) is 4.79 Å². The third-order valence-corrected chi connectivity index (χ3v) is 3.12. The molecule has 0 aromatic rings. The highest BCUT2D eigenvalue weighted by molar-refractivity contribution is 5.74. The van der Waals surface area contributed by atoms with E-state index in [2.05, 4.69) is 11.4 Å². The summed E-state index contributed by atoms with van der Waals surface area (Å²) in [6, 6.07) is -0.201. The second-order valence-electron chi connectivity index (χ2n) is 4.66. The van der Waals surface area contributed by atoms with Crippen molar-refractivity contribution in [1.82, 2.24) is 10.2 Å². The van der Waals surface area contributed by atoms with Gasteiger partial charge in [0.05, 0.1) is 6.42 Å². The number of aliphatic carboxylic acids is 1. The molecule has 18 heavy (non-hydrogen) atoms. The molecule has 0 unspecified atom stereocenters. The molecule has 0 saturated carbocycles. The molecule has 0 spiro atoms. The lowest BCUT2D eigenvalue weighted by molar-refractivity contribution is -0.137. The Balaban J connectivity index is 2.15. The molecular weight excluding hydrogens is 232 g/mol. The molecule has 0 aromatic carbocycles. The van der Waals surface area contributed by atoms with Crippen LogP contribution in [0, 0.1) is 0 Å². The van der Waals surface area contributed by atoms with Crippen molar-refractivity contribution in [3.63, 3.8) is 0 Å². The molecule has 0 bridgehead atoms. The summed E-state index contributed by atoms with van der Waals surface area (Å²) < 4.78 is 0. The number of allylic oxidation sites excluding steroid dienone is 1. The van der Waals surface area contributed by atoms with Gasteiger partial charge in [-0.1, -0.05) is 11.6 Å². The van der Waals surface area contributed by atoms with Gasteiger partial charge in [-0.05, 0) is 32.1 Å². The fraction of sp³-hybridized carbons (Fsp3) is 0.692. The molecule has 0 radical (unpaired) electrons. The molecule has 1 aliphatic carbocycles. The van der Waals surface area contributed by atoms with Crippen LogP contribution in [-0.2, 0) is 4.79 Å². The van der Waals surface area contributed by atoms with Crippen LogP contribution in [-0.4, -0.2) is 42.1 Å². The zero-order chi connectivity index (χ0) is 13.4. The van der Waals surface area contributed by atoms with Crippen molar-refractivity contribution in [2.45, 2.75) is 38.5 Å². The lowest BCUT2D eigenvalue weighted by Gasteiger charge is -2.18. The summed E-state index contributed by atoms with van der Waals surface area (Å²) >= 11 is 0. The Morgan fingerprint density at radius 3 is 2.83 bits per heavy atom. The molecule has 0 fully saturated rings. The molecule has 0 atom stereocenters. The summed E-state index contributed by atoms with van der Waals surface area (Å²) in [5, 5.41) is 11.3. The van der Waals surface area contributed by atoms with E-state index in [1.54, 1.807) is 7.05 Å². The molecule has 0 aromatic heterocycles. The lowest BCUT2D eigenvalue weighted by atomic mass is 9.97. The Morgan fingerprint density at radius 1 is 1.44 bits per heavy atom. The number of amides is 2. The molecule has 0 saturated heterocycles. The van der Waals surface area contributed by atoms with Gasteiger partial charge in [-0.2, -0.15) is 0 Å². The van der Waals surface area contributed by atoms with Crippen LogP contribution < -0.4 is 5.32 Å². The molecule has 2 N–H and O–H groups in total. The molecule has 5 heteroatoms. The first-order chi connectivity index (χ1) is 8.59. The minimum atomic E-state index is -0.887. The van der Waals surface area contributed by atoms with Crippen molar-refractivity contribution < 1.29 is 14.7 Å². The number of nitrogens with one attached hydrogen (secondary N) is 1.